The summed E-state index contributed by atoms with van der Waals surface area (Å²) in [6, 6.07) is 0.314. The van der Waals surface area contributed by atoms with Crippen LogP contribution in [-0.2, 0) is 9.53 Å². The summed E-state index contributed by atoms with van der Waals surface area (Å²) >= 11 is 0. The van der Waals surface area contributed by atoms with Gasteiger partial charge in [0.1, 0.15) is 0 Å². The Kier molecular flexibility index (Phi) is 6.52. The van der Waals surface area contributed by atoms with E-state index in [0.717, 1.165) is 32.4 Å². The highest BCUT2D eigenvalue weighted by Crippen LogP contribution is 2.20. The van der Waals surface area contributed by atoms with Gasteiger partial charge in [-0.15, -0.1) is 0 Å². The number of likely N-dealkylation sites (tertiary alicyclic amines) is 1. The van der Waals surface area contributed by atoms with Crippen LogP contribution in [0.4, 0.5) is 0 Å². The minimum atomic E-state index is 0.0751. The van der Waals surface area contributed by atoms with E-state index in [1.165, 1.54) is 6.42 Å². The maximum Gasteiger partial charge on any atom is 0.222 e. The molecule has 0 saturated carbocycles. The average Bonchev–Trinajstić information content (AvgIpc) is 2.34. The molecule has 2 atom stereocenters. The summed E-state index contributed by atoms with van der Waals surface area (Å²) in [5, 5.41) is 0. The molecule has 2 N–H and O–H groups in total. The SMILES string of the molecule is CCOCCCC(=O)N1CCCCC1C(C)N. The van der Waals surface area contributed by atoms with Crippen LogP contribution in [0.2, 0.25) is 0 Å². The Morgan fingerprint density at radius 2 is 2.29 bits per heavy atom. The third kappa shape index (κ3) is 4.64. The molecule has 17 heavy (non-hydrogen) atoms. The number of ether oxygens (including phenoxy) is 1. The van der Waals surface area contributed by atoms with Crippen molar-refractivity contribution in [3.8, 4) is 0 Å². The van der Waals surface area contributed by atoms with Crippen molar-refractivity contribution in [3.63, 3.8) is 0 Å². The lowest BCUT2D eigenvalue weighted by Crippen LogP contribution is -2.51. The Hall–Kier alpha value is -0.610. The predicted octanol–water partition coefficient (Wildman–Crippen LogP) is 1.53. The second-order valence-electron chi connectivity index (χ2n) is 4.81. The third-order valence-electron chi connectivity index (χ3n) is 3.36. The minimum Gasteiger partial charge on any atom is -0.382 e. The van der Waals surface area contributed by atoms with E-state index < -0.39 is 0 Å². The fraction of sp³-hybridized carbons (Fsp3) is 0.923. The Labute approximate surface area is 104 Å². The first-order valence-corrected chi connectivity index (χ1v) is 6.79. The second-order valence-corrected chi connectivity index (χ2v) is 4.81. The van der Waals surface area contributed by atoms with E-state index in [1.807, 2.05) is 18.7 Å². The molecule has 1 aliphatic heterocycles. The molecule has 1 rings (SSSR count). The first kappa shape index (κ1) is 14.5. The van der Waals surface area contributed by atoms with Crippen LogP contribution in [-0.4, -0.2) is 42.6 Å². The highest BCUT2D eigenvalue weighted by atomic mass is 16.5. The molecule has 4 heteroatoms. The fourth-order valence-corrected chi connectivity index (χ4v) is 2.43. The van der Waals surface area contributed by atoms with E-state index >= 15 is 0 Å². The molecule has 0 aromatic carbocycles. The highest BCUT2D eigenvalue weighted by Gasteiger charge is 2.28. The summed E-state index contributed by atoms with van der Waals surface area (Å²) in [6.45, 7) is 6.24. The van der Waals surface area contributed by atoms with E-state index in [-0.39, 0.29) is 18.0 Å². The summed E-state index contributed by atoms with van der Waals surface area (Å²) < 4.78 is 5.25. The zero-order chi connectivity index (χ0) is 12.7. The first-order chi connectivity index (χ1) is 8.16. The lowest BCUT2D eigenvalue weighted by atomic mass is 9.96. The van der Waals surface area contributed by atoms with Gasteiger partial charge in [0.05, 0.1) is 0 Å². The Morgan fingerprint density at radius 3 is 2.94 bits per heavy atom. The van der Waals surface area contributed by atoms with Gasteiger partial charge in [0.15, 0.2) is 0 Å². The minimum absolute atomic E-state index is 0.0751. The van der Waals surface area contributed by atoms with Gasteiger partial charge in [0.2, 0.25) is 5.91 Å². The van der Waals surface area contributed by atoms with E-state index in [9.17, 15) is 4.79 Å². The average molecular weight is 242 g/mol. The van der Waals surface area contributed by atoms with Gasteiger partial charge in [-0.3, -0.25) is 4.79 Å². The smallest absolute Gasteiger partial charge is 0.222 e. The standard InChI is InChI=1S/C13H26N2O2/c1-3-17-10-6-8-13(16)15-9-5-4-7-12(15)11(2)14/h11-12H,3-10,14H2,1-2H3. The van der Waals surface area contributed by atoms with Crippen molar-refractivity contribution in [1.82, 2.24) is 4.90 Å². The maximum atomic E-state index is 12.1. The van der Waals surface area contributed by atoms with Gasteiger partial charge in [0, 0.05) is 38.3 Å². The van der Waals surface area contributed by atoms with Crippen LogP contribution in [0.1, 0.15) is 46.0 Å². The molecule has 1 fully saturated rings. The number of nitrogens with two attached hydrogens (primary N) is 1. The summed E-state index contributed by atoms with van der Waals surface area (Å²) in [5.41, 5.74) is 5.95. The lowest BCUT2D eigenvalue weighted by molar-refractivity contribution is -0.135. The molecule has 4 nitrogen and oxygen atoms in total. The van der Waals surface area contributed by atoms with Crippen molar-refractivity contribution >= 4 is 5.91 Å². The second kappa shape index (κ2) is 7.67. The predicted molar refractivity (Wildman–Crippen MR) is 68.7 cm³/mol. The summed E-state index contributed by atoms with van der Waals surface area (Å²) in [4.78, 5) is 14.1. The van der Waals surface area contributed by atoms with E-state index in [1.54, 1.807) is 0 Å². The lowest BCUT2D eigenvalue weighted by Gasteiger charge is -2.38. The van der Waals surface area contributed by atoms with E-state index in [4.69, 9.17) is 10.5 Å². The molecule has 1 heterocycles. The fourth-order valence-electron chi connectivity index (χ4n) is 2.43. The molecule has 0 aromatic heterocycles. The first-order valence-electron chi connectivity index (χ1n) is 6.79. The van der Waals surface area contributed by atoms with Crippen LogP contribution < -0.4 is 5.73 Å². The molecule has 1 saturated heterocycles. The van der Waals surface area contributed by atoms with Crippen LogP contribution in [0.25, 0.3) is 0 Å². The summed E-state index contributed by atoms with van der Waals surface area (Å²) in [6.07, 6.45) is 4.75. The quantitative estimate of drug-likeness (QED) is 0.719. The van der Waals surface area contributed by atoms with Gasteiger partial charge in [-0.1, -0.05) is 0 Å². The molecule has 0 aliphatic carbocycles. The molecule has 1 aliphatic rings. The molecule has 0 spiro atoms. The van der Waals surface area contributed by atoms with Crippen molar-refractivity contribution in [3.05, 3.63) is 0 Å². The van der Waals surface area contributed by atoms with Crippen LogP contribution in [0.3, 0.4) is 0 Å². The molecular formula is C13H26N2O2. The molecule has 100 valence electrons. The van der Waals surface area contributed by atoms with Crippen molar-refractivity contribution in [2.45, 2.75) is 58.0 Å². The number of amides is 1. The van der Waals surface area contributed by atoms with Gasteiger partial charge in [-0.05, 0) is 39.5 Å². The number of nitrogens with zero attached hydrogens (tertiary/aromatic N) is 1. The van der Waals surface area contributed by atoms with Gasteiger partial charge in [0.25, 0.3) is 0 Å². The monoisotopic (exact) mass is 242 g/mol. The molecule has 0 radical (unpaired) electrons. The Morgan fingerprint density at radius 1 is 1.53 bits per heavy atom. The topological polar surface area (TPSA) is 55.6 Å². The number of carbonyl (C=O) groups is 1. The van der Waals surface area contributed by atoms with Crippen LogP contribution in [0, 0.1) is 0 Å². The molecular weight excluding hydrogens is 216 g/mol. The number of carbonyl (C=O) groups excluding carboxylic acids is 1. The maximum absolute atomic E-state index is 12.1. The third-order valence-corrected chi connectivity index (χ3v) is 3.36. The number of hydrogen-bond acceptors (Lipinski definition) is 3. The Bertz CT molecular complexity index is 231. The molecule has 0 aromatic rings. The van der Waals surface area contributed by atoms with Gasteiger partial charge >= 0.3 is 0 Å². The largest absolute Gasteiger partial charge is 0.382 e. The van der Waals surface area contributed by atoms with E-state index in [2.05, 4.69) is 0 Å². The highest BCUT2D eigenvalue weighted by molar-refractivity contribution is 5.76. The molecule has 0 bridgehead atoms. The van der Waals surface area contributed by atoms with Crippen molar-refractivity contribution in [1.29, 1.82) is 0 Å². The van der Waals surface area contributed by atoms with Gasteiger partial charge < -0.3 is 15.4 Å². The number of hydrogen-bond donors (Lipinski definition) is 1. The van der Waals surface area contributed by atoms with Crippen molar-refractivity contribution in [2.75, 3.05) is 19.8 Å². The summed E-state index contributed by atoms with van der Waals surface area (Å²) in [5.74, 6) is 0.242. The molecule has 2 unspecified atom stereocenters. The van der Waals surface area contributed by atoms with Crippen LogP contribution >= 0.6 is 0 Å². The Balaban J connectivity index is 2.36. The van der Waals surface area contributed by atoms with Gasteiger partial charge in [-0.2, -0.15) is 0 Å². The summed E-state index contributed by atoms with van der Waals surface area (Å²) in [7, 11) is 0. The zero-order valence-corrected chi connectivity index (χ0v) is 11.2. The number of piperidine rings is 1. The van der Waals surface area contributed by atoms with E-state index in [0.29, 0.717) is 13.0 Å². The van der Waals surface area contributed by atoms with Crippen molar-refractivity contribution in [2.24, 2.45) is 5.73 Å². The van der Waals surface area contributed by atoms with Gasteiger partial charge in [-0.25, -0.2) is 0 Å². The zero-order valence-electron chi connectivity index (χ0n) is 11.2. The number of rotatable bonds is 6. The van der Waals surface area contributed by atoms with Crippen molar-refractivity contribution < 1.29 is 9.53 Å². The normalized spacial score (nSPS) is 22.5. The van der Waals surface area contributed by atoms with Crippen LogP contribution in [0.15, 0.2) is 0 Å². The van der Waals surface area contributed by atoms with Crippen LogP contribution in [0.5, 0.6) is 0 Å². The molecule has 1 amide bonds.